The first-order chi connectivity index (χ1) is 12.4. The predicted octanol–water partition coefficient (Wildman–Crippen LogP) is 3.16. The quantitative estimate of drug-likeness (QED) is 0.742. The van der Waals surface area contributed by atoms with Crippen molar-refractivity contribution in [3.05, 3.63) is 59.2 Å². The minimum atomic E-state index is -1.10. The Bertz CT molecular complexity index is 968. The van der Waals surface area contributed by atoms with Crippen LogP contribution in [0.2, 0.25) is 0 Å². The summed E-state index contributed by atoms with van der Waals surface area (Å²) in [5.41, 5.74) is 3.87. The summed E-state index contributed by atoms with van der Waals surface area (Å²) >= 11 is 0. The third-order valence-electron chi connectivity index (χ3n) is 6.21. The Kier molecular flexibility index (Phi) is 2.89. The Hall–Kier alpha value is -2.82. The number of esters is 1. The minimum absolute atomic E-state index is 0.000106. The third-order valence-corrected chi connectivity index (χ3v) is 6.21. The van der Waals surface area contributed by atoms with E-state index in [4.69, 9.17) is 9.47 Å². The average molecular weight is 349 g/mol. The van der Waals surface area contributed by atoms with Crippen LogP contribution in [0.5, 0.6) is 0 Å². The maximum Gasteiger partial charge on any atom is 0.408 e. The largest absolute Gasteiger partial charge is 0.454 e. The lowest BCUT2D eigenvalue weighted by molar-refractivity contribution is -0.216. The molecule has 5 rings (SSSR count). The topological polar surface area (TPSA) is 64.6 Å². The number of rotatable bonds is 0. The highest BCUT2D eigenvalue weighted by Crippen LogP contribution is 2.49. The fourth-order valence-corrected chi connectivity index (χ4v) is 4.50. The summed E-state index contributed by atoms with van der Waals surface area (Å²) in [5.74, 6) is -0.428. The second-order valence-corrected chi connectivity index (χ2v) is 7.67. The Morgan fingerprint density at radius 2 is 1.81 bits per heavy atom. The van der Waals surface area contributed by atoms with Crippen LogP contribution < -0.4 is 5.32 Å². The lowest BCUT2D eigenvalue weighted by Gasteiger charge is -2.52. The van der Waals surface area contributed by atoms with Crippen molar-refractivity contribution in [2.75, 3.05) is 6.61 Å². The summed E-state index contributed by atoms with van der Waals surface area (Å²) in [4.78, 5) is 24.6. The number of fused-ring (bicyclic) bond motifs is 3. The van der Waals surface area contributed by atoms with Gasteiger partial charge in [-0.15, -0.1) is 0 Å². The smallest absolute Gasteiger partial charge is 0.408 e. The van der Waals surface area contributed by atoms with Gasteiger partial charge in [0.05, 0.1) is 0 Å². The summed E-state index contributed by atoms with van der Waals surface area (Å²) in [7, 11) is 0. The molecule has 1 amide bonds. The number of carbonyl (C=O) groups is 2. The number of nitrogens with one attached hydrogen (secondary N) is 1. The van der Waals surface area contributed by atoms with E-state index in [0.717, 1.165) is 11.1 Å². The van der Waals surface area contributed by atoms with E-state index in [1.54, 1.807) is 6.92 Å². The zero-order valence-corrected chi connectivity index (χ0v) is 14.7. The first kappa shape index (κ1) is 15.4. The number of carbonyl (C=O) groups excluding carboxylic acids is 2. The van der Waals surface area contributed by atoms with Crippen LogP contribution in [0.3, 0.4) is 0 Å². The average Bonchev–Trinajstić information content (AvgIpc) is 2.94. The Morgan fingerprint density at radius 1 is 1.04 bits per heavy atom. The fourth-order valence-electron chi connectivity index (χ4n) is 4.50. The van der Waals surface area contributed by atoms with Crippen molar-refractivity contribution in [1.29, 1.82) is 0 Å². The van der Waals surface area contributed by atoms with Crippen LogP contribution in [-0.2, 0) is 20.7 Å². The van der Waals surface area contributed by atoms with Crippen LogP contribution in [0.15, 0.2) is 42.5 Å². The third kappa shape index (κ3) is 1.80. The van der Waals surface area contributed by atoms with Gasteiger partial charge >= 0.3 is 12.1 Å². The van der Waals surface area contributed by atoms with Crippen LogP contribution in [-0.4, -0.2) is 29.8 Å². The van der Waals surface area contributed by atoms with Gasteiger partial charge < -0.3 is 14.8 Å². The maximum absolute atomic E-state index is 12.4. The molecule has 1 saturated heterocycles. The van der Waals surface area contributed by atoms with Crippen molar-refractivity contribution < 1.29 is 19.1 Å². The van der Waals surface area contributed by atoms with E-state index in [0.29, 0.717) is 6.42 Å². The maximum atomic E-state index is 12.4. The molecule has 5 heteroatoms. The van der Waals surface area contributed by atoms with Crippen molar-refractivity contribution in [3.8, 4) is 11.1 Å². The number of cyclic esters (lactones) is 1. The van der Waals surface area contributed by atoms with Crippen molar-refractivity contribution in [1.82, 2.24) is 5.32 Å². The van der Waals surface area contributed by atoms with E-state index in [1.165, 1.54) is 16.7 Å². The standard InChI is InChI=1S/C21H19NO4/c1-20-10-12-6-5-9-15-16(13-7-3-4-8-14(13)17(12)15)11-25-19(24)22-21(20,2)18(23)26-20/h3-9,16H,10-11H2,1-2H3,(H,22,24)/t16?,20?,21-/m0/s1. The molecule has 0 radical (unpaired) electrons. The molecule has 5 nitrogen and oxygen atoms in total. The van der Waals surface area contributed by atoms with Gasteiger partial charge in [0.2, 0.25) is 0 Å². The zero-order valence-electron chi connectivity index (χ0n) is 14.7. The number of alkyl carbamates (subject to hydrolysis) is 1. The molecule has 2 aromatic rings. The molecule has 3 atom stereocenters. The van der Waals surface area contributed by atoms with Gasteiger partial charge in [-0.2, -0.15) is 0 Å². The second kappa shape index (κ2) is 4.87. The first-order valence-corrected chi connectivity index (χ1v) is 8.82. The summed E-state index contributed by atoms with van der Waals surface area (Å²) in [6.45, 7) is 3.81. The van der Waals surface area contributed by atoms with Gasteiger partial charge in [0.15, 0.2) is 5.54 Å². The lowest BCUT2D eigenvalue weighted by Crippen LogP contribution is -2.77. The van der Waals surface area contributed by atoms with Gasteiger partial charge in [0.25, 0.3) is 0 Å². The molecule has 4 bridgehead atoms. The molecule has 132 valence electrons. The molecule has 1 N–H and O–H groups in total. The summed E-state index contributed by atoms with van der Waals surface area (Å²) < 4.78 is 11.1. The molecule has 2 heterocycles. The first-order valence-electron chi connectivity index (χ1n) is 8.82. The number of hydrogen-bond donors (Lipinski definition) is 1. The Labute approximate surface area is 151 Å². The van der Waals surface area contributed by atoms with Gasteiger partial charge in [-0.05, 0) is 41.7 Å². The molecule has 2 aromatic carbocycles. The number of amides is 1. The summed E-state index contributed by atoms with van der Waals surface area (Å²) in [5, 5.41) is 2.74. The second-order valence-electron chi connectivity index (χ2n) is 7.67. The van der Waals surface area contributed by atoms with E-state index in [2.05, 4.69) is 29.6 Å². The van der Waals surface area contributed by atoms with Crippen LogP contribution in [0.4, 0.5) is 4.79 Å². The SMILES string of the molecule is CC12Cc3cccc4c3-c3ccccc3C4COC(=O)N[C@@]1(C)C(=O)O2. The zero-order chi connectivity index (χ0) is 18.1. The van der Waals surface area contributed by atoms with E-state index in [-0.39, 0.29) is 12.5 Å². The molecule has 2 aliphatic heterocycles. The monoisotopic (exact) mass is 349 g/mol. The highest BCUT2D eigenvalue weighted by Gasteiger charge is 2.65. The molecule has 26 heavy (non-hydrogen) atoms. The minimum Gasteiger partial charge on any atom is -0.454 e. The predicted molar refractivity (Wildman–Crippen MR) is 94.8 cm³/mol. The van der Waals surface area contributed by atoms with Gasteiger partial charge in [0.1, 0.15) is 12.2 Å². The summed E-state index contributed by atoms with van der Waals surface area (Å²) in [6.07, 6.45) is -0.0592. The van der Waals surface area contributed by atoms with Crippen LogP contribution in [0.25, 0.3) is 11.1 Å². The van der Waals surface area contributed by atoms with Crippen LogP contribution >= 0.6 is 0 Å². The van der Waals surface area contributed by atoms with Gasteiger partial charge in [0, 0.05) is 12.3 Å². The molecule has 2 unspecified atom stereocenters. The number of benzene rings is 2. The highest BCUT2D eigenvalue weighted by atomic mass is 16.6. The Morgan fingerprint density at radius 3 is 2.62 bits per heavy atom. The van der Waals surface area contributed by atoms with E-state index in [1.807, 2.05) is 25.1 Å². The van der Waals surface area contributed by atoms with Crippen LogP contribution in [0.1, 0.15) is 36.5 Å². The molecule has 1 aliphatic carbocycles. The lowest BCUT2D eigenvalue weighted by atomic mass is 9.72. The van der Waals surface area contributed by atoms with Crippen molar-refractivity contribution >= 4 is 12.1 Å². The van der Waals surface area contributed by atoms with Crippen molar-refractivity contribution in [2.24, 2.45) is 0 Å². The normalized spacial score (nSPS) is 31.4. The van der Waals surface area contributed by atoms with E-state index >= 15 is 0 Å². The molecule has 0 saturated carbocycles. The van der Waals surface area contributed by atoms with Crippen LogP contribution in [0, 0.1) is 0 Å². The molecule has 1 fully saturated rings. The number of hydrogen-bond acceptors (Lipinski definition) is 4. The molecule has 0 aromatic heterocycles. The van der Waals surface area contributed by atoms with Crippen molar-refractivity contribution in [3.63, 3.8) is 0 Å². The van der Waals surface area contributed by atoms with E-state index < -0.39 is 23.2 Å². The molecular weight excluding hydrogens is 330 g/mol. The Balaban J connectivity index is 1.73. The number of ether oxygens (including phenoxy) is 2. The van der Waals surface area contributed by atoms with Crippen molar-refractivity contribution in [2.45, 2.75) is 37.3 Å². The molecule has 3 aliphatic rings. The molecule has 0 spiro atoms. The summed E-state index contributed by atoms with van der Waals surface area (Å²) in [6, 6.07) is 14.4. The molecular formula is C21H19NO4. The highest BCUT2D eigenvalue weighted by molar-refractivity contribution is 5.93. The van der Waals surface area contributed by atoms with Gasteiger partial charge in [-0.25, -0.2) is 9.59 Å². The fraction of sp³-hybridized carbons (Fsp3) is 0.333. The van der Waals surface area contributed by atoms with E-state index in [9.17, 15) is 9.59 Å². The van der Waals surface area contributed by atoms with Gasteiger partial charge in [-0.3, -0.25) is 0 Å². The van der Waals surface area contributed by atoms with Gasteiger partial charge in [-0.1, -0.05) is 42.5 Å².